The van der Waals surface area contributed by atoms with Crippen LogP contribution in [0.5, 0.6) is 17.2 Å². The van der Waals surface area contributed by atoms with Gasteiger partial charge in [0, 0.05) is 26.2 Å². The summed E-state index contributed by atoms with van der Waals surface area (Å²) in [5.74, 6) is 2.82. The van der Waals surface area contributed by atoms with Gasteiger partial charge in [-0.25, -0.2) is 0 Å². The second kappa shape index (κ2) is 10.0. The predicted molar refractivity (Wildman–Crippen MR) is 116 cm³/mol. The molecule has 0 unspecified atom stereocenters. The normalized spacial score (nSPS) is 13.8. The summed E-state index contributed by atoms with van der Waals surface area (Å²) in [4.78, 5) is 7.15. The van der Waals surface area contributed by atoms with Gasteiger partial charge in [0.05, 0.1) is 14.2 Å². The fourth-order valence-electron chi connectivity index (χ4n) is 3.62. The lowest BCUT2D eigenvalue weighted by Gasteiger charge is -2.32. The maximum Gasteiger partial charge on any atom is 0.194 e. The van der Waals surface area contributed by atoms with Crippen LogP contribution in [0.15, 0.2) is 41.4 Å². The fourth-order valence-corrected chi connectivity index (χ4v) is 3.62. The third kappa shape index (κ3) is 5.34. The lowest BCUT2D eigenvalue weighted by Crippen LogP contribution is -2.44. The number of rotatable bonds is 7. The highest BCUT2D eigenvalue weighted by molar-refractivity contribution is 5.80. The molecule has 29 heavy (non-hydrogen) atoms. The molecule has 0 atom stereocenters. The highest BCUT2D eigenvalue weighted by atomic mass is 16.5. The van der Waals surface area contributed by atoms with Crippen LogP contribution in [0, 0.1) is 0 Å². The minimum atomic E-state index is 0.306. The highest BCUT2D eigenvalue weighted by Crippen LogP contribution is 2.33. The topological polar surface area (TPSA) is 66.3 Å². The van der Waals surface area contributed by atoms with Crippen molar-refractivity contribution in [1.29, 1.82) is 0 Å². The molecular formula is C23H31N3O3. The Morgan fingerprint density at radius 1 is 1.10 bits per heavy atom. The number of nitrogens with zero attached hydrogens (tertiary/aromatic N) is 2. The van der Waals surface area contributed by atoms with Crippen LogP contribution < -0.4 is 14.8 Å². The minimum absolute atomic E-state index is 0.306. The van der Waals surface area contributed by atoms with Gasteiger partial charge in [-0.3, -0.25) is 4.99 Å². The third-order valence-corrected chi connectivity index (χ3v) is 5.17. The number of phenols is 1. The van der Waals surface area contributed by atoms with E-state index in [1.54, 1.807) is 26.4 Å². The number of phenolic OH excluding ortho intramolecular Hbond substituents is 1. The molecule has 2 aromatic carbocycles. The van der Waals surface area contributed by atoms with E-state index in [-0.39, 0.29) is 0 Å². The highest BCUT2D eigenvalue weighted by Gasteiger charge is 2.21. The number of fused-ring (bicyclic) bond motifs is 1. The Balaban J connectivity index is 1.64. The Bertz CT molecular complexity index is 834. The van der Waals surface area contributed by atoms with Crippen molar-refractivity contribution in [3.63, 3.8) is 0 Å². The average molecular weight is 398 g/mol. The van der Waals surface area contributed by atoms with Crippen LogP contribution in [-0.2, 0) is 19.4 Å². The van der Waals surface area contributed by atoms with Gasteiger partial charge < -0.3 is 24.8 Å². The van der Waals surface area contributed by atoms with E-state index in [0.717, 1.165) is 62.9 Å². The molecule has 0 aliphatic carbocycles. The maximum atomic E-state index is 9.39. The number of nitrogens with one attached hydrogen (secondary N) is 1. The standard InChI is InChI=1S/C23H31N3O3/c1-4-24-23(25-12-5-6-17-7-9-20(27)10-8-17)26-13-11-18-14-21(28-2)22(29-3)15-19(18)16-26/h7-10,14-15,27H,4-6,11-13,16H2,1-3H3,(H,24,25). The molecule has 0 amide bonds. The lowest BCUT2D eigenvalue weighted by molar-refractivity contribution is 0.346. The monoisotopic (exact) mass is 397 g/mol. The number of aryl methyl sites for hydroxylation is 1. The van der Waals surface area contributed by atoms with Crippen molar-refractivity contribution in [3.8, 4) is 17.2 Å². The number of aromatic hydroxyl groups is 1. The molecule has 6 nitrogen and oxygen atoms in total. The minimum Gasteiger partial charge on any atom is -0.508 e. The van der Waals surface area contributed by atoms with Gasteiger partial charge >= 0.3 is 0 Å². The molecule has 1 aliphatic heterocycles. The Morgan fingerprint density at radius 2 is 1.79 bits per heavy atom. The van der Waals surface area contributed by atoms with Crippen molar-refractivity contribution in [2.75, 3.05) is 33.9 Å². The van der Waals surface area contributed by atoms with Crippen LogP contribution in [0.25, 0.3) is 0 Å². The van der Waals surface area contributed by atoms with Crippen LogP contribution in [0.3, 0.4) is 0 Å². The Hall–Kier alpha value is -2.89. The first-order valence-corrected chi connectivity index (χ1v) is 10.2. The van der Waals surface area contributed by atoms with E-state index in [2.05, 4.69) is 29.3 Å². The number of aliphatic imine (C=N–C) groups is 1. The summed E-state index contributed by atoms with van der Waals surface area (Å²) in [5, 5.41) is 12.8. The van der Waals surface area contributed by atoms with Gasteiger partial charge in [-0.1, -0.05) is 12.1 Å². The van der Waals surface area contributed by atoms with Crippen LogP contribution in [0.2, 0.25) is 0 Å². The van der Waals surface area contributed by atoms with Crippen molar-refractivity contribution in [3.05, 3.63) is 53.1 Å². The van der Waals surface area contributed by atoms with Gasteiger partial charge in [0.2, 0.25) is 0 Å². The molecule has 1 aliphatic rings. The quantitative estimate of drug-likeness (QED) is 0.426. The van der Waals surface area contributed by atoms with E-state index in [4.69, 9.17) is 14.5 Å². The zero-order valence-electron chi connectivity index (χ0n) is 17.6. The van der Waals surface area contributed by atoms with Gasteiger partial charge in [0.25, 0.3) is 0 Å². The van der Waals surface area contributed by atoms with Crippen LogP contribution in [-0.4, -0.2) is 49.8 Å². The molecule has 0 aromatic heterocycles. The first-order valence-electron chi connectivity index (χ1n) is 10.2. The van der Waals surface area contributed by atoms with Crippen molar-refractivity contribution < 1.29 is 14.6 Å². The van der Waals surface area contributed by atoms with E-state index < -0.39 is 0 Å². The summed E-state index contributed by atoms with van der Waals surface area (Å²) in [6.45, 7) is 5.42. The van der Waals surface area contributed by atoms with Crippen molar-refractivity contribution in [2.24, 2.45) is 4.99 Å². The van der Waals surface area contributed by atoms with Gasteiger partial charge in [0.1, 0.15) is 5.75 Å². The number of hydrogen-bond acceptors (Lipinski definition) is 4. The molecule has 0 radical (unpaired) electrons. The number of guanidine groups is 1. The summed E-state index contributed by atoms with van der Waals surface area (Å²) >= 11 is 0. The molecule has 2 N–H and O–H groups in total. The second-order valence-corrected chi connectivity index (χ2v) is 7.15. The van der Waals surface area contributed by atoms with E-state index >= 15 is 0 Å². The molecule has 0 saturated heterocycles. The molecule has 0 spiro atoms. The van der Waals surface area contributed by atoms with Gasteiger partial charge in [-0.05, 0) is 67.1 Å². The van der Waals surface area contributed by atoms with Crippen molar-refractivity contribution in [2.45, 2.75) is 32.7 Å². The number of hydrogen-bond donors (Lipinski definition) is 2. The zero-order valence-corrected chi connectivity index (χ0v) is 17.6. The van der Waals surface area contributed by atoms with Crippen molar-refractivity contribution >= 4 is 5.96 Å². The predicted octanol–water partition coefficient (Wildman–Crippen LogP) is 3.37. The molecule has 1 heterocycles. The first-order chi connectivity index (χ1) is 14.1. The fraction of sp³-hybridized carbons (Fsp3) is 0.435. The molecule has 156 valence electrons. The van der Waals surface area contributed by atoms with Gasteiger partial charge in [-0.2, -0.15) is 0 Å². The molecule has 2 aromatic rings. The molecule has 0 bridgehead atoms. The summed E-state index contributed by atoms with van der Waals surface area (Å²) in [6, 6.07) is 11.6. The summed E-state index contributed by atoms with van der Waals surface area (Å²) in [7, 11) is 3.35. The van der Waals surface area contributed by atoms with E-state index in [9.17, 15) is 5.11 Å². The number of ether oxygens (including phenoxy) is 2. The Morgan fingerprint density at radius 3 is 2.45 bits per heavy atom. The molecule has 6 heteroatoms. The van der Waals surface area contributed by atoms with Crippen molar-refractivity contribution in [1.82, 2.24) is 10.2 Å². The van der Waals surface area contributed by atoms with Crippen LogP contribution in [0.4, 0.5) is 0 Å². The largest absolute Gasteiger partial charge is 0.508 e. The van der Waals surface area contributed by atoms with Crippen LogP contribution >= 0.6 is 0 Å². The molecule has 0 saturated carbocycles. The van der Waals surface area contributed by atoms with E-state index in [1.807, 2.05) is 12.1 Å². The SMILES string of the molecule is CCNC(=NCCCc1ccc(O)cc1)N1CCc2cc(OC)c(OC)cc2C1. The van der Waals surface area contributed by atoms with E-state index in [1.165, 1.54) is 16.7 Å². The Labute approximate surface area is 173 Å². The smallest absolute Gasteiger partial charge is 0.194 e. The number of methoxy groups -OCH3 is 2. The van der Waals surface area contributed by atoms with E-state index in [0.29, 0.717) is 5.75 Å². The summed E-state index contributed by atoms with van der Waals surface area (Å²) < 4.78 is 10.9. The molecule has 3 rings (SSSR count). The Kier molecular flexibility index (Phi) is 7.22. The zero-order chi connectivity index (χ0) is 20.6. The van der Waals surface area contributed by atoms with Gasteiger partial charge in [0.15, 0.2) is 17.5 Å². The second-order valence-electron chi connectivity index (χ2n) is 7.15. The lowest BCUT2D eigenvalue weighted by atomic mass is 9.99. The number of benzene rings is 2. The first kappa shape index (κ1) is 20.8. The van der Waals surface area contributed by atoms with Gasteiger partial charge in [-0.15, -0.1) is 0 Å². The molecule has 0 fully saturated rings. The summed E-state index contributed by atoms with van der Waals surface area (Å²) in [5.41, 5.74) is 3.78. The average Bonchev–Trinajstić information content (AvgIpc) is 2.75. The molecular weight excluding hydrogens is 366 g/mol. The maximum absolute atomic E-state index is 9.39. The third-order valence-electron chi connectivity index (χ3n) is 5.17. The summed E-state index contributed by atoms with van der Waals surface area (Å²) in [6.07, 6.45) is 2.87. The van der Waals surface area contributed by atoms with Crippen LogP contribution in [0.1, 0.15) is 30.0 Å².